The molecule has 11 heteroatoms. The van der Waals surface area contributed by atoms with E-state index in [0.29, 0.717) is 23.4 Å². The number of Topliss-reactive ketones (excluding diaryl/α,β-unsaturated/α-hetero) is 2. The molecule has 3 aliphatic carbocycles. The van der Waals surface area contributed by atoms with Crippen molar-refractivity contribution in [1.82, 2.24) is 10.2 Å². The van der Waals surface area contributed by atoms with Gasteiger partial charge in [-0.3, -0.25) is 19.3 Å². The van der Waals surface area contributed by atoms with Gasteiger partial charge in [-0.15, -0.1) is 0 Å². The molecule has 4 atom stereocenters. The highest BCUT2D eigenvalue weighted by molar-refractivity contribution is 6.25. The summed E-state index contributed by atoms with van der Waals surface area (Å²) in [6.45, 7) is 0.735. The first-order valence-corrected chi connectivity index (χ1v) is 14.4. The number of nitrogens with zero attached hydrogens (tertiary/aromatic N) is 2. The zero-order valence-electron chi connectivity index (χ0n) is 25.2. The number of hydrogen-bond donors (Lipinski definition) is 6. The van der Waals surface area contributed by atoms with E-state index in [0.717, 1.165) is 5.56 Å². The molecule has 0 unspecified atom stereocenters. The lowest BCUT2D eigenvalue weighted by atomic mass is 9.58. The van der Waals surface area contributed by atoms with E-state index in [1.54, 1.807) is 14.1 Å². The van der Waals surface area contributed by atoms with Gasteiger partial charge in [0.25, 0.3) is 5.91 Å². The third-order valence-electron chi connectivity index (χ3n) is 8.95. The van der Waals surface area contributed by atoms with E-state index in [1.807, 2.05) is 67.5 Å². The van der Waals surface area contributed by atoms with E-state index in [9.17, 15) is 34.8 Å². The standard InChI is InChI=1S/C33H38N4O7/c1-36(2)22-15-19(16-35-12-8-11-17-9-6-5-7-10-17)27(38)24-20(22)13-18-14-21-26(37(3)4)29(40)25(32(34)43)31(42)33(21,44)30(41)23(18)28(24)39/h5-11,15,18,21,26,35,38,40-41,44H,12-14,16H2,1-4H3,(H2,34,43)/b11-8+/t18-,21-,26-,33-/m0/s1. The number of allylic oxidation sites excluding steroid dienone is 1. The van der Waals surface area contributed by atoms with Crippen molar-refractivity contribution in [1.29, 1.82) is 0 Å². The number of aliphatic hydroxyl groups is 3. The predicted molar refractivity (Wildman–Crippen MR) is 165 cm³/mol. The number of fused-ring (bicyclic) bond motifs is 3. The molecule has 1 amide bonds. The molecule has 232 valence electrons. The molecule has 2 aromatic rings. The number of anilines is 1. The summed E-state index contributed by atoms with van der Waals surface area (Å²) in [4.78, 5) is 43.2. The summed E-state index contributed by atoms with van der Waals surface area (Å²) in [7, 11) is 6.86. The molecule has 2 aromatic carbocycles. The van der Waals surface area contributed by atoms with Crippen LogP contribution in [0.15, 0.2) is 65.1 Å². The summed E-state index contributed by atoms with van der Waals surface area (Å²) in [5.74, 6) is -6.65. The number of primary amides is 1. The van der Waals surface area contributed by atoms with Crippen molar-refractivity contribution in [3.63, 3.8) is 0 Å². The van der Waals surface area contributed by atoms with Gasteiger partial charge in [0.15, 0.2) is 11.4 Å². The number of likely N-dealkylation sites (N-methyl/N-ethyl adjacent to an activating group) is 1. The van der Waals surface area contributed by atoms with E-state index in [1.165, 1.54) is 4.90 Å². The Morgan fingerprint density at radius 3 is 2.41 bits per heavy atom. The molecule has 0 saturated carbocycles. The predicted octanol–water partition coefficient (Wildman–Crippen LogP) is 1.99. The average molecular weight is 603 g/mol. The molecular formula is C33H38N4O7. The van der Waals surface area contributed by atoms with E-state index < -0.39 is 58.0 Å². The van der Waals surface area contributed by atoms with Crippen molar-refractivity contribution < 1.29 is 34.8 Å². The van der Waals surface area contributed by atoms with Gasteiger partial charge in [-0.2, -0.15) is 0 Å². The van der Waals surface area contributed by atoms with E-state index in [-0.39, 0.29) is 36.3 Å². The zero-order chi connectivity index (χ0) is 32.1. The van der Waals surface area contributed by atoms with E-state index in [2.05, 4.69) is 5.32 Å². The van der Waals surface area contributed by atoms with Crippen LogP contribution in [-0.2, 0) is 22.6 Å². The lowest BCUT2D eigenvalue weighted by Gasteiger charge is -2.50. The van der Waals surface area contributed by atoms with Gasteiger partial charge in [-0.25, -0.2) is 0 Å². The number of hydrogen-bond acceptors (Lipinski definition) is 10. The normalized spacial score (nSPS) is 24.9. The number of benzene rings is 2. The Morgan fingerprint density at radius 2 is 1.80 bits per heavy atom. The molecular weight excluding hydrogens is 564 g/mol. The minimum atomic E-state index is -2.67. The number of aliphatic hydroxyl groups excluding tert-OH is 2. The zero-order valence-corrected chi connectivity index (χ0v) is 25.2. The fourth-order valence-corrected chi connectivity index (χ4v) is 6.94. The van der Waals surface area contributed by atoms with Crippen molar-refractivity contribution in [2.24, 2.45) is 17.6 Å². The molecule has 0 bridgehead atoms. The molecule has 11 nitrogen and oxygen atoms in total. The largest absolute Gasteiger partial charge is 0.510 e. The van der Waals surface area contributed by atoms with Crippen LogP contribution >= 0.6 is 0 Å². The number of nitrogens with two attached hydrogens (primary N) is 1. The average Bonchev–Trinajstić information content (AvgIpc) is 2.95. The Morgan fingerprint density at radius 1 is 1.11 bits per heavy atom. The molecule has 5 rings (SSSR count). The first kappa shape index (κ1) is 31.0. The molecule has 0 aromatic heterocycles. The van der Waals surface area contributed by atoms with Crippen molar-refractivity contribution in [2.45, 2.75) is 31.0 Å². The second kappa shape index (κ2) is 11.6. The van der Waals surface area contributed by atoms with Crippen LogP contribution in [0.4, 0.5) is 5.69 Å². The first-order chi connectivity index (χ1) is 20.8. The Bertz CT molecular complexity index is 1630. The number of ketones is 2. The summed E-state index contributed by atoms with van der Waals surface area (Å²) in [5.41, 5.74) is 4.53. The van der Waals surface area contributed by atoms with Crippen LogP contribution in [0, 0.1) is 11.8 Å². The van der Waals surface area contributed by atoms with Crippen LogP contribution in [0.2, 0.25) is 0 Å². The fraction of sp³-hybridized carbons (Fsp3) is 0.364. The maximum atomic E-state index is 14.1. The Balaban J connectivity index is 1.55. The minimum absolute atomic E-state index is 0.00592. The Labute approximate surface area is 255 Å². The number of rotatable bonds is 8. The SMILES string of the molecule is CN(C)c1cc(CNC/C=C/c2ccccc2)c(O)c2c1C[C@H]1C[C@H]3[C@H](N(C)C)C(O)=C(C(N)=O)C(=O)[C@@]3(O)C(O)=C1C2=O. The highest BCUT2D eigenvalue weighted by Crippen LogP contribution is 2.53. The van der Waals surface area contributed by atoms with Crippen molar-refractivity contribution in [2.75, 3.05) is 39.6 Å². The number of nitrogens with one attached hydrogen (secondary N) is 1. The van der Waals surface area contributed by atoms with Gasteiger partial charge in [-0.1, -0.05) is 42.5 Å². The van der Waals surface area contributed by atoms with Crippen molar-refractivity contribution >= 4 is 29.2 Å². The topological polar surface area (TPSA) is 177 Å². The van der Waals surface area contributed by atoms with Crippen LogP contribution in [0.25, 0.3) is 6.08 Å². The molecule has 0 fully saturated rings. The van der Waals surface area contributed by atoms with Crippen LogP contribution in [0.3, 0.4) is 0 Å². The molecule has 0 saturated heterocycles. The van der Waals surface area contributed by atoms with Crippen molar-refractivity contribution in [3.8, 4) is 5.75 Å². The molecule has 7 N–H and O–H groups in total. The highest BCUT2D eigenvalue weighted by atomic mass is 16.3. The van der Waals surface area contributed by atoms with Gasteiger partial charge >= 0.3 is 0 Å². The van der Waals surface area contributed by atoms with E-state index >= 15 is 0 Å². The lowest BCUT2D eigenvalue weighted by Crippen LogP contribution is -2.63. The van der Waals surface area contributed by atoms with Crippen LogP contribution in [0.1, 0.15) is 33.5 Å². The molecule has 0 radical (unpaired) electrons. The maximum absolute atomic E-state index is 14.1. The van der Waals surface area contributed by atoms with Crippen molar-refractivity contribution in [3.05, 3.63) is 87.4 Å². The van der Waals surface area contributed by atoms with Gasteiger partial charge in [0.2, 0.25) is 5.78 Å². The lowest BCUT2D eigenvalue weighted by molar-refractivity contribution is -0.148. The number of carbonyl (C=O) groups is 3. The van der Waals surface area contributed by atoms with Gasteiger partial charge in [0.05, 0.1) is 11.6 Å². The van der Waals surface area contributed by atoms with Gasteiger partial charge < -0.3 is 36.4 Å². The number of aromatic hydroxyl groups is 1. The summed E-state index contributed by atoms with van der Waals surface area (Å²) < 4.78 is 0. The van der Waals surface area contributed by atoms with Gasteiger partial charge in [-0.05, 0) is 50.0 Å². The number of amides is 1. The molecule has 44 heavy (non-hydrogen) atoms. The van der Waals surface area contributed by atoms with Crippen LogP contribution in [-0.4, -0.2) is 89.2 Å². The number of carbonyl (C=O) groups excluding carboxylic acids is 3. The highest BCUT2D eigenvalue weighted by Gasteiger charge is 2.63. The number of phenolic OH excluding ortho intramolecular Hbond substituents is 1. The Hall–Kier alpha value is -4.45. The molecule has 0 heterocycles. The monoisotopic (exact) mass is 602 g/mol. The summed E-state index contributed by atoms with van der Waals surface area (Å²) in [6.07, 6.45) is 4.18. The number of phenols is 1. The maximum Gasteiger partial charge on any atom is 0.255 e. The molecule has 0 spiro atoms. The second-order valence-corrected chi connectivity index (χ2v) is 12.1. The quantitative estimate of drug-likeness (QED) is 0.194. The Kier molecular flexibility index (Phi) is 8.15. The first-order valence-electron chi connectivity index (χ1n) is 14.4. The van der Waals surface area contributed by atoms with Crippen LogP contribution < -0.4 is 16.0 Å². The summed E-state index contributed by atoms with van der Waals surface area (Å²) >= 11 is 0. The van der Waals surface area contributed by atoms with Crippen LogP contribution in [0.5, 0.6) is 5.75 Å². The fourth-order valence-electron chi connectivity index (χ4n) is 6.94. The molecule has 0 aliphatic heterocycles. The smallest absolute Gasteiger partial charge is 0.255 e. The van der Waals surface area contributed by atoms with Gasteiger partial charge in [0, 0.05) is 49.9 Å². The summed E-state index contributed by atoms with van der Waals surface area (Å²) in [6, 6.07) is 10.6. The second-order valence-electron chi connectivity index (χ2n) is 12.1. The third-order valence-corrected chi connectivity index (χ3v) is 8.95. The minimum Gasteiger partial charge on any atom is -0.510 e. The van der Waals surface area contributed by atoms with Gasteiger partial charge in [0.1, 0.15) is 22.8 Å². The molecule has 3 aliphatic rings. The van der Waals surface area contributed by atoms with E-state index in [4.69, 9.17) is 5.73 Å². The third kappa shape index (κ3) is 4.86. The summed E-state index contributed by atoms with van der Waals surface area (Å²) in [5, 5.41) is 48.9.